The van der Waals surface area contributed by atoms with E-state index in [0.29, 0.717) is 11.6 Å². The van der Waals surface area contributed by atoms with Crippen molar-refractivity contribution in [2.75, 3.05) is 5.32 Å². The molecule has 0 fully saturated rings. The molecule has 1 aromatic carbocycles. The summed E-state index contributed by atoms with van der Waals surface area (Å²) in [7, 11) is 0. The van der Waals surface area contributed by atoms with Crippen LogP contribution in [0.25, 0.3) is 0 Å². The van der Waals surface area contributed by atoms with E-state index < -0.39 is 0 Å². The molecule has 0 saturated carbocycles. The minimum Gasteiger partial charge on any atom is -0.358 e. The zero-order valence-electron chi connectivity index (χ0n) is 10.8. The molecule has 0 bridgehead atoms. The molecule has 0 spiro atoms. The molecule has 0 saturated heterocycles. The van der Waals surface area contributed by atoms with E-state index in [9.17, 15) is 0 Å². The molecule has 98 valence electrons. The van der Waals surface area contributed by atoms with Crippen molar-refractivity contribution >= 4 is 28.2 Å². The highest BCUT2D eigenvalue weighted by molar-refractivity contribution is 8.00. The van der Waals surface area contributed by atoms with Crippen molar-refractivity contribution in [1.29, 1.82) is 5.26 Å². The van der Waals surface area contributed by atoms with Crippen LogP contribution in [0.2, 0.25) is 0 Å². The summed E-state index contributed by atoms with van der Waals surface area (Å²) in [5.41, 5.74) is 1.87. The second-order valence-corrected chi connectivity index (χ2v) is 6.47. The van der Waals surface area contributed by atoms with Crippen molar-refractivity contribution < 1.29 is 0 Å². The summed E-state index contributed by atoms with van der Waals surface area (Å²) in [5.74, 6) is 0.835. The van der Waals surface area contributed by atoms with Gasteiger partial charge in [0.2, 0.25) is 5.13 Å². The third-order valence-corrected chi connectivity index (χ3v) is 4.32. The number of nitrogens with one attached hydrogen (secondary N) is 1. The molecule has 6 heteroatoms. The van der Waals surface area contributed by atoms with Gasteiger partial charge in [0.25, 0.3) is 0 Å². The number of nitriles is 1. The van der Waals surface area contributed by atoms with Crippen molar-refractivity contribution in [1.82, 2.24) is 10.2 Å². The summed E-state index contributed by atoms with van der Waals surface area (Å²) in [6, 6.07) is 10.1. The highest BCUT2D eigenvalue weighted by atomic mass is 32.2. The van der Waals surface area contributed by atoms with Crippen LogP contribution < -0.4 is 5.32 Å². The lowest BCUT2D eigenvalue weighted by Crippen LogP contribution is -2.08. The summed E-state index contributed by atoms with van der Waals surface area (Å²) in [6.45, 7) is 4.15. The Bertz CT molecular complexity index is 569. The monoisotopic (exact) mass is 290 g/mol. The number of hydrogen-bond acceptors (Lipinski definition) is 6. The summed E-state index contributed by atoms with van der Waals surface area (Å²) in [5, 5.41) is 21.0. The van der Waals surface area contributed by atoms with Gasteiger partial charge in [-0.05, 0) is 31.5 Å². The molecule has 0 aliphatic heterocycles. The second-order valence-electron chi connectivity index (χ2n) is 4.27. The van der Waals surface area contributed by atoms with Gasteiger partial charge in [0, 0.05) is 11.8 Å². The van der Waals surface area contributed by atoms with E-state index in [1.54, 1.807) is 23.1 Å². The number of thioether (sulfide) groups is 1. The van der Waals surface area contributed by atoms with Crippen LogP contribution in [0.4, 0.5) is 5.13 Å². The Morgan fingerprint density at radius 1 is 1.32 bits per heavy atom. The first-order valence-corrected chi connectivity index (χ1v) is 7.69. The number of hydrogen-bond donors (Lipinski definition) is 1. The van der Waals surface area contributed by atoms with Gasteiger partial charge in [-0.3, -0.25) is 0 Å². The maximum Gasteiger partial charge on any atom is 0.206 e. The molecule has 2 rings (SSSR count). The van der Waals surface area contributed by atoms with Crippen LogP contribution in [0.15, 0.2) is 28.6 Å². The fraction of sp³-hybridized carbons (Fsp3) is 0.308. The van der Waals surface area contributed by atoms with Crippen LogP contribution in [0, 0.1) is 11.3 Å². The van der Waals surface area contributed by atoms with Crippen molar-refractivity contribution in [3.63, 3.8) is 0 Å². The molecule has 4 nitrogen and oxygen atoms in total. The van der Waals surface area contributed by atoms with Crippen LogP contribution in [0.5, 0.6) is 0 Å². The molecule has 0 aliphatic rings. The van der Waals surface area contributed by atoms with Gasteiger partial charge >= 0.3 is 0 Å². The van der Waals surface area contributed by atoms with E-state index in [1.807, 2.05) is 24.3 Å². The molecule has 1 N–H and O–H groups in total. The Kier molecular flexibility index (Phi) is 4.77. The fourth-order valence-corrected chi connectivity index (χ4v) is 3.25. The number of rotatable bonds is 5. The minimum absolute atomic E-state index is 0.365. The summed E-state index contributed by atoms with van der Waals surface area (Å²) >= 11 is 3.22. The molecule has 0 unspecified atom stereocenters. The summed E-state index contributed by atoms with van der Waals surface area (Å²) in [6.07, 6.45) is 0. The standard InChI is InChI=1S/C13H14N4S2/c1-9(2)15-12-16-17-13(19-12)18-8-11-5-3-10(7-14)4-6-11/h3-6,9H,8H2,1-2H3,(H,15,16). The molecule has 0 aliphatic carbocycles. The maximum absolute atomic E-state index is 8.73. The van der Waals surface area contributed by atoms with E-state index in [1.165, 1.54) is 5.56 Å². The Hall–Kier alpha value is -1.58. The van der Waals surface area contributed by atoms with Gasteiger partial charge in [-0.15, -0.1) is 10.2 Å². The van der Waals surface area contributed by atoms with Crippen molar-refractivity contribution in [3.05, 3.63) is 35.4 Å². The predicted molar refractivity (Wildman–Crippen MR) is 79.4 cm³/mol. The van der Waals surface area contributed by atoms with Gasteiger partial charge in [0.1, 0.15) is 0 Å². The third-order valence-electron chi connectivity index (χ3n) is 2.26. The van der Waals surface area contributed by atoms with E-state index in [-0.39, 0.29) is 0 Å². The lowest BCUT2D eigenvalue weighted by Gasteiger charge is -2.03. The lowest BCUT2D eigenvalue weighted by molar-refractivity contribution is 0.883. The van der Waals surface area contributed by atoms with Crippen molar-refractivity contribution in [2.24, 2.45) is 0 Å². The third kappa shape index (κ3) is 4.23. The molecule has 19 heavy (non-hydrogen) atoms. The first-order chi connectivity index (χ1) is 9.17. The van der Waals surface area contributed by atoms with E-state index >= 15 is 0 Å². The van der Waals surface area contributed by atoms with Crippen LogP contribution in [-0.4, -0.2) is 16.2 Å². The molecule has 1 aromatic heterocycles. The number of nitrogens with zero attached hydrogens (tertiary/aromatic N) is 3. The van der Waals surface area contributed by atoms with Gasteiger partial charge in [0.15, 0.2) is 4.34 Å². The van der Waals surface area contributed by atoms with Crippen LogP contribution in [-0.2, 0) is 5.75 Å². The largest absolute Gasteiger partial charge is 0.358 e. The van der Waals surface area contributed by atoms with Crippen molar-refractivity contribution in [2.45, 2.75) is 30.0 Å². The van der Waals surface area contributed by atoms with Gasteiger partial charge in [-0.2, -0.15) is 5.26 Å². The maximum atomic E-state index is 8.73. The Balaban J connectivity index is 1.91. The van der Waals surface area contributed by atoms with Gasteiger partial charge in [0.05, 0.1) is 11.6 Å². The van der Waals surface area contributed by atoms with Crippen LogP contribution >= 0.6 is 23.1 Å². The highest BCUT2D eigenvalue weighted by Crippen LogP contribution is 2.28. The van der Waals surface area contributed by atoms with Crippen molar-refractivity contribution in [3.8, 4) is 6.07 Å². The van der Waals surface area contributed by atoms with Gasteiger partial charge < -0.3 is 5.32 Å². The van der Waals surface area contributed by atoms with Crippen LogP contribution in [0.1, 0.15) is 25.0 Å². The lowest BCUT2D eigenvalue weighted by atomic mass is 10.2. The topological polar surface area (TPSA) is 61.6 Å². The molecular weight excluding hydrogens is 276 g/mol. The Labute approximate surface area is 120 Å². The molecular formula is C13H14N4S2. The molecule has 2 aromatic rings. The number of benzene rings is 1. The average Bonchev–Trinajstić information content (AvgIpc) is 2.84. The zero-order chi connectivity index (χ0) is 13.7. The molecule has 0 radical (unpaired) electrons. The quantitative estimate of drug-likeness (QED) is 0.854. The van der Waals surface area contributed by atoms with Gasteiger partial charge in [-0.1, -0.05) is 35.2 Å². The Morgan fingerprint density at radius 3 is 2.68 bits per heavy atom. The van der Waals surface area contributed by atoms with Gasteiger partial charge in [-0.25, -0.2) is 0 Å². The molecule has 0 atom stereocenters. The smallest absolute Gasteiger partial charge is 0.206 e. The average molecular weight is 290 g/mol. The summed E-state index contributed by atoms with van der Waals surface area (Å²) in [4.78, 5) is 0. The van der Waals surface area contributed by atoms with E-state index in [0.717, 1.165) is 15.2 Å². The predicted octanol–water partition coefficient (Wildman–Crippen LogP) is 3.52. The normalized spacial score (nSPS) is 10.4. The second kappa shape index (κ2) is 6.55. The van der Waals surface area contributed by atoms with E-state index in [4.69, 9.17) is 5.26 Å². The minimum atomic E-state index is 0.365. The fourth-order valence-electron chi connectivity index (χ4n) is 1.39. The number of aromatic nitrogens is 2. The first-order valence-electron chi connectivity index (χ1n) is 5.89. The molecule has 1 heterocycles. The first kappa shape index (κ1) is 13.8. The highest BCUT2D eigenvalue weighted by Gasteiger charge is 2.06. The summed E-state index contributed by atoms with van der Waals surface area (Å²) < 4.78 is 0.951. The molecule has 0 amide bonds. The number of anilines is 1. The van der Waals surface area contributed by atoms with E-state index in [2.05, 4.69) is 35.4 Å². The zero-order valence-corrected chi connectivity index (χ0v) is 12.4. The van der Waals surface area contributed by atoms with Crippen LogP contribution in [0.3, 0.4) is 0 Å². The SMILES string of the molecule is CC(C)Nc1nnc(SCc2ccc(C#N)cc2)s1. The Morgan fingerprint density at radius 2 is 2.05 bits per heavy atom.